The van der Waals surface area contributed by atoms with E-state index >= 15 is 0 Å². The highest BCUT2D eigenvalue weighted by atomic mass is 16.5. The Balaban J connectivity index is 1.83. The predicted molar refractivity (Wildman–Crippen MR) is 84.3 cm³/mol. The fourth-order valence-corrected chi connectivity index (χ4v) is 2.98. The smallest absolute Gasteiger partial charge is 0.222 e. The van der Waals surface area contributed by atoms with Crippen molar-refractivity contribution < 1.29 is 9.53 Å². The van der Waals surface area contributed by atoms with Gasteiger partial charge in [0.15, 0.2) is 0 Å². The predicted octanol–water partition coefficient (Wildman–Crippen LogP) is 2.21. The highest BCUT2D eigenvalue weighted by molar-refractivity contribution is 5.76. The molecule has 1 saturated heterocycles. The Morgan fingerprint density at radius 3 is 2.67 bits per heavy atom. The lowest BCUT2D eigenvalue weighted by molar-refractivity contribution is -0.132. The average molecular weight is 290 g/mol. The van der Waals surface area contributed by atoms with Crippen molar-refractivity contribution in [1.29, 1.82) is 0 Å². The van der Waals surface area contributed by atoms with Gasteiger partial charge in [0.25, 0.3) is 0 Å². The Hall–Kier alpha value is -1.55. The molecule has 0 bridgehead atoms. The average Bonchev–Trinajstić information content (AvgIpc) is 2.52. The minimum absolute atomic E-state index is 0.232. The maximum absolute atomic E-state index is 12.3. The van der Waals surface area contributed by atoms with Crippen LogP contribution in [0.5, 0.6) is 5.75 Å². The minimum atomic E-state index is 0.232. The van der Waals surface area contributed by atoms with Gasteiger partial charge < -0.3 is 15.4 Å². The molecule has 1 amide bonds. The zero-order valence-corrected chi connectivity index (χ0v) is 13.0. The summed E-state index contributed by atoms with van der Waals surface area (Å²) in [4.78, 5) is 14.3. The molecular formula is C17H26N2O2. The quantitative estimate of drug-likeness (QED) is 0.904. The molecule has 4 nitrogen and oxygen atoms in total. The molecule has 0 radical (unpaired) electrons. The van der Waals surface area contributed by atoms with Crippen molar-refractivity contribution >= 4 is 5.91 Å². The van der Waals surface area contributed by atoms with Crippen LogP contribution in [0, 0.1) is 5.92 Å². The number of rotatable bonds is 5. The molecule has 1 aliphatic heterocycles. The molecule has 116 valence electrons. The van der Waals surface area contributed by atoms with Gasteiger partial charge >= 0.3 is 0 Å². The first-order valence-electron chi connectivity index (χ1n) is 7.77. The maximum Gasteiger partial charge on any atom is 0.222 e. The van der Waals surface area contributed by atoms with Crippen molar-refractivity contribution in [2.24, 2.45) is 11.7 Å². The first-order valence-corrected chi connectivity index (χ1v) is 7.77. The van der Waals surface area contributed by atoms with Gasteiger partial charge in [-0.3, -0.25) is 4.79 Å². The number of piperidine rings is 1. The Morgan fingerprint density at radius 1 is 1.38 bits per heavy atom. The Labute approximate surface area is 127 Å². The summed E-state index contributed by atoms with van der Waals surface area (Å²) in [5.41, 5.74) is 7.03. The number of carbonyl (C=O) groups excluding carboxylic acids is 1. The Morgan fingerprint density at radius 2 is 2.05 bits per heavy atom. The van der Waals surface area contributed by atoms with Gasteiger partial charge in [-0.25, -0.2) is 0 Å². The van der Waals surface area contributed by atoms with E-state index in [1.54, 1.807) is 7.11 Å². The SMILES string of the molecule is COc1ccccc1CCC(=O)N1CCC(C(C)N)CC1. The molecule has 21 heavy (non-hydrogen) atoms. The number of para-hydroxylation sites is 1. The fourth-order valence-electron chi connectivity index (χ4n) is 2.98. The molecule has 1 aromatic carbocycles. The van der Waals surface area contributed by atoms with Gasteiger partial charge in [0, 0.05) is 25.6 Å². The number of aryl methyl sites for hydroxylation is 1. The zero-order chi connectivity index (χ0) is 15.2. The van der Waals surface area contributed by atoms with Gasteiger partial charge in [0.2, 0.25) is 5.91 Å². The third kappa shape index (κ3) is 4.21. The van der Waals surface area contributed by atoms with E-state index in [0.717, 1.165) is 43.7 Å². The molecule has 1 aromatic rings. The van der Waals surface area contributed by atoms with E-state index in [1.807, 2.05) is 29.2 Å². The molecule has 2 N–H and O–H groups in total. The van der Waals surface area contributed by atoms with E-state index in [1.165, 1.54) is 0 Å². The van der Waals surface area contributed by atoms with Crippen LogP contribution < -0.4 is 10.5 Å². The number of carbonyl (C=O) groups is 1. The van der Waals surface area contributed by atoms with E-state index < -0.39 is 0 Å². The molecular weight excluding hydrogens is 264 g/mol. The number of methoxy groups -OCH3 is 1. The molecule has 2 rings (SSSR count). The van der Waals surface area contributed by atoms with Crippen molar-refractivity contribution in [2.45, 2.75) is 38.6 Å². The summed E-state index contributed by atoms with van der Waals surface area (Å²) in [6.07, 6.45) is 3.33. The maximum atomic E-state index is 12.3. The second-order valence-electron chi connectivity index (χ2n) is 5.89. The van der Waals surface area contributed by atoms with Gasteiger partial charge in [-0.05, 0) is 43.7 Å². The van der Waals surface area contributed by atoms with Gasteiger partial charge in [0.05, 0.1) is 7.11 Å². The van der Waals surface area contributed by atoms with Crippen LogP contribution in [0.3, 0.4) is 0 Å². The van der Waals surface area contributed by atoms with E-state index in [2.05, 4.69) is 6.92 Å². The van der Waals surface area contributed by atoms with Gasteiger partial charge in [-0.2, -0.15) is 0 Å². The number of nitrogens with two attached hydrogens (primary N) is 1. The number of hydrogen-bond donors (Lipinski definition) is 1. The van der Waals surface area contributed by atoms with Crippen LogP contribution >= 0.6 is 0 Å². The van der Waals surface area contributed by atoms with E-state index in [9.17, 15) is 4.79 Å². The van der Waals surface area contributed by atoms with Gasteiger partial charge in [-0.1, -0.05) is 18.2 Å². The third-order valence-electron chi connectivity index (χ3n) is 4.44. The number of benzene rings is 1. The molecule has 0 saturated carbocycles. The summed E-state index contributed by atoms with van der Waals surface area (Å²) >= 11 is 0. The highest BCUT2D eigenvalue weighted by Crippen LogP contribution is 2.22. The fraction of sp³-hybridized carbons (Fsp3) is 0.588. The molecule has 1 aliphatic rings. The molecule has 0 aromatic heterocycles. The van der Waals surface area contributed by atoms with Gasteiger partial charge in [0.1, 0.15) is 5.75 Å². The van der Waals surface area contributed by atoms with Crippen molar-refractivity contribution in [3.8, 4) is 5.75 Å². The largest absolute Gasteiger partial charge is 0.496 e. The van der Waals surface area contributed by atoms with Crippen molar-refractivity contribution in [3.05, 3.63) is 29.8 Å². The topological polar surface area (TPSA) is 55.6 Å². The number of amides is 1. The van der Waals surface area contributed by atoms with Crippen LogP contribution in [0.4, 0.5) is 0 Å². The Kier molecular flexibility index (Phi) is 5.62. The second kappa shape index (κ2) is 7.46. The van der Waals surface area contributed by atoms with Gasteiger partial charge in [-0.15, -0.1) is 0 Å². The van der Waals surface area contributed by atoms with Crippen LogP contribution in [0.1, 0.15) is 31.7 Å². The van der Waals surface area contributed by atoms with E-state index in [0.29, 0.717) is 12.3 Å². The van der Waals surface area contributed by atoms with Crippen molar-refractivity contribution in [2.75, 3.05) is 20.2 Å². The standard InChI is InChI=1S/C17H26N2O2/c1-13(18)14-9-11-19(12-10-14)17(20)8-7-15-5-3-4-6-16(15)21-2/h3-6,13-14H,7-12,18H2,1-2H3. The second-order valence-corrected chi connectivity index (χ2v) is 5.89. The molecule has 1 fully saturated rings. The lowest BCUT2D eigenvalue weighted by atomic mass is 9.91. The summed E-state index contributed by atoms with van der Waals surface area (Å²) in [7, 11) is 1.67. The molecule has 1 unspecified atom stereocenters. The lowest BCUT2D eigenvalue weighted by Gasteiger charge is -2.33. The normalized spacial score (nSPS) is 17.6. The first kappa shape index (κ1) is 15.8. The molecule has 1 atom stereocenters. The minimum Gasteiger partial charge on any atom is -0.496 e. The van der Waals surface area contributed by atoms with Crippen LogP contribution in [0.25, 0.3) is 0 Å². The number of likely N-dealkylation sites (tertiary alicyclic amines) is 1. The highest BCUT2D eigenvalue weighted by Gasteiger charge is 2.24. The van der Waals surface area contributed by atoms with Crippen LogP contribution in [-0.2, 0) is 11.2 Å². The zero-order valence-electron chi connectivity index (χ0n) is 13.0. The first-order chi connectivity index (χ1) is 10.1. The van der Waals surface area contributed by atoms with Crippen LogP contribution in [0.15, 0.2) is 24.3 Å². The molecule has 0 spiro atoms. The molecule has 0 aliphatic carbocycles. The summed E-state index contributed by atoms with van der Waals surface area (Å²) in [6.45, 7) is 3.75. The lowest BCUT2D eigenvalue weighted by Crippen LogP contribution is -2.42. The number of ether oxygens (including phenoxy) is 1. The Bertz CT molecular complexity index is 466. The molecule has 1 heterocycles. The monoisotopic (exact) mass is 290 g/mol. The summed E-state index contributed by atoms with van der Waals surface area (Å²) in [6, 6.07) is 8.12. The van der Waals surface area contributed by atoms with Crippen LogP contribution in [-0.4, -0.2) is 37.0 Å². The van der Waals surface area contributed by atoms with Crippen molar-refractivity contribution in [3.63, 3.8) is 0 Å². The van der Waals surface area contributed by atoms with Crippen molar-refractivity contribution in [1.82, 2.24) is 4.90 Å². The number of hydrogen-bond acceptors (Lipinski definition) is 3. The van der Waals surface area contributed by atoms with Crippen LogP contribution in [0.2, 0.25) is 0 Å². The summed E-state index contributed by atoms with van der Waals surface area (Å²) < 4.78 is 5.32. The third-order valence-corrected chi connectivity index (χ3v) is 4.44. The number of nitrogens with zero attached hydrogens (tertiary/aromatic N) is 1. The summed E-state index contributed by atoms with van der Waals surface area (Å²) in [5, 5.41) is 0. The molecule has 4 heteroatoms. The van der Waals surface area contributed by atoms with E-state index in [4.69, 9.17) is 10.5 Å². The van der Waals surface area contributed by atoms with E-state index in [-0.39, 0.29) is 11.9 Å². The summed E-state index contributed by atoms with van der Waals surface area (Å²) in [5.74, 6) is 1.66.